The van der Waals surface area contributed by atoms with Crippen LogP contribution in [0.3, 0.4) is 0 Å². The van der Waals surface area contributed by atoms with Gasteiger partial charge in [-0.15, -0.1) is 0 Å². The van der Waals surface area contributed by atoms with E-state index in [2.05, 4.69) is 4.72 Å². The van der Waals surface area contributed by atoms with E-state index in [1.54, 1.807) is 0 Å². The first kappa shape index (κ1) is 19.7. The highest BCUT2D eigenvalue weighted by Crippen LogP contribution is 2.19. The number of sulfonamides is 1. The van der Waals surface area contributed by atoms with Gasteiger partial charge in [0, 0.05) is 25.8 Å². The van der Waals surface area contributed by atoms with Gasteiger partial charge in [-0.25, -0.2) is 13.1 Å². The molecule has 1 aliphatic rings. The molecule has 2 rings (SSSR count). The highest BCUT2D eigenvalue weighted by atomic mass is 32.2. The topological polar surface area (TPSA) is 75.7 Å². The third kappa shape index (κ3) is 5.68. The minimum absolute atomic E-state index is 0.106. The summed E-state index contributed by atoms with van der Waals surface area (Å²) in [5, 5.41) is 0. The van der Waals surface area contributed by atoms with E-state index < -0.39 is 28.7 Å². The lowest BCUT2D eigenvalue weighted by atomic mass is 10.2. The largest absolute Gasteiger partial charge is 0.406 e. The summed E-state index contributed by atoms with van der Waals surface area (Å²) in [6.45, 7) is -0.726. The number of carbonyl (C=O) groups excluding carboxylic acids is 1. The van der Waals surface area contributed by atoms with Gasteiger partial charge in [-0.05, 0) is 31.0 Å². The highest BCUT2D eigenvalue weighted by Gasteiger charge is 2.31. The van der Waals surface area contributed by atoms with E-state index in [9.17, 15) is 26.4 Å². The van der Waals surface area contributed by atoms with Gasteiger partial charge < -0.3 is 9.64 Å². The Balaban J connectivity index is 2.10. The van der Waals surface area contributed by atoms with Crippen LogP contribution in [-0.2, 0) is 14.8 Å². The molecule has 1 aromatic carbocycles. The van der Waals surface area contributed by atoms with Crippen LogP contribution in [0.5, 0.6) is 0 Å². The average molecular weight is 380 g/mol. The molecule has 1 saturated heterocycles. The summed E-state index contributed by atoms with van der Waals surface area (Å²) in [6.07, 6.45) is -3.11. The van der Waals surface area contributed by atoms with Gasteiger partial charge in [0.2, 0.25) is 10.0 Å². The molecule has 0 aromatic heterocycles. The zero-order chi connectivity index (χ0) is 18.7. The van der Waals surface area contributed by atoms with Crippen LogP contribution in [0.25, 0.3) is 0 Å². The van der Waals surface area contributed by atoms with Gasteiger partial charge in [0.25, 0.3) is 5.91 Å². The number of nitrogens with one attached hydrogen (secondary N) is 1. The van der Waals surface area contributed by atoms with Crippen molar-refractivity contribution in [3.05, 3.63) is 29.8 Å². The molecule has 0 aliphatic carbocycles. The Bertz CT molecular complexity index is 716. The van der Waals surface area contributed by atoms with E-state index in [0.29, 0.717) is 11.5 Å². The first-order chi connectivity index (χ1) is 11.6. The van der Waals surface area contributed by atoms with E-state index in [-0.39, 0.29) is 23.1 Å². The summed E-state index contributed by atoms with van der Waals surface area (Å²) in [5.41, 5.74) is -0.133. The van der Waals surface area contributed by atoms with Crippen LogP contribution < -0.4 is 4.72 Å². The van der Waals surface area contributed by atoms with Crippen molar-refractivity contribution in [2.75, 3.05) is 26.7 Å². The molecule has 10 heteroatoms. The monoisotopic (exact) mass is 380 g/mol. The van der Waals surface area contributed by atoms with Gasteiger partial charge >= 0.3 is 6.18 Å². The van der Waals surface area contributed by atoms with Crippen LogP contribution in [0.4, 0.5) is 13.2 Å². The van der Waals surface area contributed by atoms with Gasteiger partial charge in [0.15, 0.2) is 0 Å². The third-order valence-corrected chi connectivity index (χ3v) is 5.10. The second-order valence-electron chi connectivity index (χ2n) is 5.79. The Labute approximate surface area is 144 Å². The Morgan fingerprint density at radius 2 is 2.12 bits per heavy atom. The molecule has 0 spiro atoms. The molecule has 1 unspecified atom stereocenters. The molecule has 0 saturated carbocycles. The second kappa shape index (κ2) is 7.71. The Hall–Kier alpha value is -1.65. The van der Waals surface area contributed by atoms with Crippen LogP contribution in [0, 0.1) is 0 Å². The third-order valence-electron chi connectivity index (χ3n) is 3.68. The molecule has 6 nitrogen and oxygen atoms in total. The Morgan fingerprint density at radius 3 is 2.72 bits per heavy atom. The predicted octanol–water partition coefficient (Wildman–Crippen LogP) is 1.78. The van der Waals surface area contributed by atoms with Crippen molar-refractivity contribution in [1.82, 2.24) is 9.62 Å². The molecule has 140 valence electrons. The number of rotatable bonds is 6. The van der Waals surface area contributed by atoms with Crippen molar-refractivity contribution in [3.63, 3.8) is 0 Å². The summed E-state index contributed by atoms with van der Waals surface area (Å²) < 4.78 is 69.5. The standard InChI is InChI=1S/C15H19F3N2O4S/c1-20(10-15(16,17)18)14(21)11-4-2-6-13(8-11)25(22,23)19-9-12-5-3-7-24-12/h2,4,6,8,12,19H,3,5,7,9-10H2,1H3. The molecule has 25 heavy (non-hydrogen) atoms. The lowest BCUT2D eigenvalue weighted by Gasteiger charge is -2.19. The minimum atomic E-state index is -4.53. The zero-order valence-corrected chi connectivity index (χ0v) is 14.4. The van der Waals surface area contributed by atoms with E-state index in [1.165, 1.54) is 18.2 Å². The van der Waals surface area contributed by atoms with Crippen LogP contribution in [0.15, 0.2) is 29.2 Å². The first-order valence-electron chi connectivity index (χ1n) is 7.62. The summed E-state index contributed by atoms with van der Waals surface area (Å²) in [6, 6.07) is 4.93. The zero-order valence-electron chi connectivity index (χ0n) is 13.5. The minimum Gasteiger partial charge on any atom is -0.377 e. The number of carbonyl (C=O) groups is 1. The summed E-state index contributed by atoms with van der Waals surface area (Å²) in [7, 11) is -2.88. The number of nitrogens with zero attached hydrogens (tertiary/aromatic N) is 1. The second-order valence-corrected chi connectivity index (χ2v) is 7.56. The lowest BCUT2D eigenvalue weighted by molar-refractivity contribution is -0.138. The molecule has 1 atom stereocenters. The number of hydrogen-bond donors (Lipinski definition) is 1. The number of ether oxygens (including phenoxy) is 1. The Kier molecular flexibility index (Phi) is 6.07. The first-order valence-corrected chi connectivity index (χ1v) is 9.10. The van der Waals surface area contributed by atoms with Gasteiger partial charge in [-0.3, -0.25) is 4.79 Å². The molecule has 0 radical (unpaired) electrons. The molecule has 1 N–H and O–H groups in total. The van der Waals surface area contributed by atoms with Crippen molar-refractivity contribution in [2.24, 2.45) is 0 Å². The fraction of sp³-hybridized carbons (Fsp3) is 0.533. The van der Waals surface area contributed by atoms with Crippen molar-refractivity contribution in [2.45, 2.75) is 30.0 Å². The van der Waals surface area contributed by atoms with Gasteiger partial charge in [-0.2, -0.15) is 13.2 Å². The lowest BCUT2D eigenvalue weighted by Crippen LogP contribution is -2.36. The van der Waals surface area contributed by atoms with Crippen molar-refractivity contribution >= 4 is 15.9 Å². The molecule has 1 aliphatic heterocycles. The molecule has 0 bridgehead atoms. The molecule has 1 heterocycles. The number of hydrogen-bond acceptors (Lipinski definition) is 4. The number of alkyl halides is 3. The molecular formula is C15H19F3N2O4S. The average Bonchev–Trinajstić information content (AvgIpc) is 3.04. The fourth-order valence-electron chi connectivity index (χ4n) is 2.45. The highest BCUT2D eigenvalue weighted by molar-refractivity contribution is 7.89. The van der Waals surface area contributed by atoms with Gasteiger partial charge in [0.1, 0.15) is 6.54 Å². The normalized spacial score (nSPS) is 18.3. The van der Waals surface area contributed by atoms with Crippen molar-refractivity contribution in [3.8, 4) is 0 Å². The fourth-order valence-corrected chi connectivity index (χ4v) is 3.56. The quantitative estimate of drug-likeness (QED) is 0.816. The maximum absolute atomic E-state index is 12.4. The van der Waals surface area contributed by atoms with E-state index in [4.69, 9.17) is 4.74 Å². The molecule has 1 aromatic rings. The van der Waals surface area contributed by atoms with Crippen LogP contribution in [0.2, 0.25) is 0 Å². The van der Waals surface area contributed by atoms with Gasteiger partial charge in [-0.1, -0.05) is 6.07 Å². The molecule has 1 amide bonds. The van der Waals surface area contributed by atoms with E-state index >= 15 is 0 Å². The number of amides is 1. The van der Waals surface area contributed by atoms with Crippen molar-refractivity contribution < 1.29 is 31.1 Å². The molecule has 1 fully saturated rings. The van der Waals surface area contributed by atoms with Crippen LogP contribution in [-0.4, -0.2) is 58.2 Å². The summed E-state index contributed by atoms with van der Waals surface area (Å²) >= 11 is 0. The predicted molar refractivity (Wildman–Crippen MR) is 83.6 cm³/mol. The van der Waals surface area contributed by atoms with Crippen LogP contribution >= 0.6 is 0 Å². The van der Waals surface area contributed by atoms with E-state index in [0.717, 1.165) is 26.0 Å². The smallest absolute Gasteiger partial charge is 0.377 e. The van der Waals surface area contributed by atoms with Crippen LogP contribution in [0.1, 0.15) is 23.2 Å². The van der Waals surface area contributed by atoms with Gasteiger partial charge in [0.05, 0.1) is 11.0 Å². The Morgan fingerprint density at radius 1 is 1.40 bits per heavy atom. The maximum Gasteiger partial charge on any atom is 0.406 e. The summed E-state index contributed by atoms with van der Waals surface area (Å²) in [4.78, 5) is 12.4. The maximum atomic E-state index is 12.4. The SMILES string of the molecule is CN(CC(F)(F)F)C(=O)c1cccc(S(=O)(=O)NCC2CCCO2)c1. The number of halogens is 3. The van der Waals surface area contributed by atoms with E-state index in [1.807, 2.05) is 0 Å². The number of benzene rings is 1. The van der Waals surface area contributed by atoms with Crippen molar-refractivity contribution in [1.29, 1.82) is 0 Å². The molecular weight excluding hydrogens is 361 g/mol. The summed E-state index contributed by atoms with van der Waals surface area (Å²) in [5.74, 6) is -0.909.